The van der Waals surface area contributed by atoms with Crippen LogP contribution < -0.4 is 5.73 Å². The number of likely N-dealkylation sites (tertiary alicyclic amines) is 1. The van der Waals surface area contributed by atoms with Crippen LogP contribution in [0.15, 0.2) is 0 Å². The molecule has 2 N–H and O–H groups in total. The third kappa shape index (κ3) is 3.95. The summed E-state index contributed by atoms with van der Waals surface area (Å²) in [6, 6.07) is 0.746. The first kappa shape index (κ1) is 14.8. The van der Waals surface area contributed by atoms with E-state index in [1.54, 1.807) is 0 Å². The standard InChI is InChI=1S/C16H30N2O/c1-12(2)10-14-7-3-4-9-18(14)16(19)11-13-6-5-8-15(13)17/h12-15H,3-11,17H2,1-2H3/t13-,14?,15+/m0/s1. The molecule has 1 saturated heterocycles. The Morgan fingerprint density at radius 1 is 1.21 bits per heavy atom. The van der Waals surface area contributed by atoms with Crippen LogP contribution in [-0.4, -0.2) is 29.4 Å². The van der Waals surface area contributed by atoms with Crippen LogP contribution in [0.1, 0.15) is 65.2 Å². The van der Waals surface area contributed by atoms with E-state index in [4.69, 9.17) is 5.73 Å². The molecule has 1 heterocycles. The van der Waals surface area contributed by atoms with Crippen molar-refractivity contribution < 1.29 is 4.79 Å². The molecule has 3 nitrogen and oxygen atoms in total. The van der Waals surface area contributed by atoms with Crippen LogP contribution in [0.4, 0.5) is 0 Å². The van der Waals surface area contributed by atoms with Crippen LogP contribution in [-0.2, 0) is 4.79 Å². The second kappa shape index (κ2) is 6.74. The van der Waals surface area contributed by atoms with E-state index in [9.17, 15) is 4.79 Å². The molecule has 0 aromatic carbocycles. The summed E-state index contributed by atoms with van der Waals surface area (Å²) in [5, 5.41) is 0. The van der Waals surface area contributed by atoms with Gasteiger partial charge in [0, 0.05) is 25.0 Å². The number of nitrogens with two attached hydrogens (primary N) is 1. The number of hydrogen-bond donors (Lipinski definition) is 1. The maximum Gasteiger partial charge on any atom is 0.223 e. The summed E-state index contributed by atoms with van der Waals surface area (Å²) in [4.78, 5) is 14.7. The molecule has 1 unspecified atom stereocenters. The molecule has 2 rings (SSSR count). The van der Waals surface area contributed by atoms with Gasteiger partial charge in [0.05, 0.1) is 0 Å². The molecule has 1 saturated carbocycles. The van der Waals surface area contributed by atoms with Gasteiger partial charge < -0.3 is 10.6 Å². The van der Waals surface area contributed by atoms with Gasteiger partial charge in [-0.3, -0.25) is 4.79 Å². The van der Waals surface area contributed by atoms with Crippen LogP contribution >= 0.6 is 0 Å². The van der Waals surface area contributed by atoms with Crippen LogP contribution in [0.25, 0.3) is 0 Å². The molecule has 0 spiro atoms. The summed E-state index contributed by atoms with van der Waals surface area (Å²) in [5.74, 6) is 1.48. The zero-order valence-electron chi connectivity index (χ0n) is 12.6. The molecule has 0 radical (unpaired) electrons. The number of carbonyl (C=O) groups is 1. The average Bonchev–Trinajstić information content (AvgIpc) is 2.75. The van der Waals surface area contributed by atoms with Gasteiger partial charge in [0.15, 0.2) is 0 Å². The SMILES string of the molecule is CC(C)CC1CCCCN1C(=O)C[C@@H]1CCC[C@H]1N. The van der Waals surface area contributed by atoms with Crippen LogP contribution in [0.5, 0.6) is 0 Å². The Hall–Kier alpha value is -0.570. The fourth-order valence-electron chi connectivity index (χ4n) is 3.78. The predicted molar refractivity (Wildman–Crippen MR) is 78.7 cm³/mol. The second-order valence-corrected chi connectivity index (χ2v) is 6.93. The second-order valence-electron chi connectivity index (χ2n) is 6.93. The Labute approximate surface area is 117 Å². The Morgan fingerprint density at radius 3 is 2.63 bits per heavy atom. The van der Waals surface area contributed by atoms with Gasteiger partial charge in [0.2, 0.25) is 5.91 Å². The maximum absolute atomic E-state index is 12.6. The van der Waals surface area contributed by atoms with Gasteiger partial charge in [-0.05, 0) is 50.4 Å². The summed E-state index contributed by atoms with van der Waals surface area (Å²) >= 11 is 0. The minimum absolute atomic E-state index is 0.261. The smallest absolute Gasteiger partial charge is 0.223 e. The molecular weight excluding hydrogens is 236 g/mol. The van der Waals surface area contributed by atoms with Crippen LogP contribution in [0.2, 0.25) is 0 Å². The fourth-order valence-corrected chi connectivity index (χ4v) is 3.78. The van der Waals surface area contributed by atoms with Gasteiger partial charge in [0.1, 0.15) is 0 Å². The lowest BCUT2D eigenvalue weighted by Crippen LogP contribution is -2.45. The minimum atomic E-state index is 0.261. The van der Waals surface area contributed by atoms with Gasteiger partial charge in [-0.25, -0.2) is 0 Å². The van der Waals surface area contributed by atoms with Crippen LogP contribution in [0.3, 0.4) is 0 Å². The van der Waals surface area contributed by atoms with E-state index < -0.39 is 0 Å². The molecule has 1 amide bonds. The maximum atomic E-state index is 12.6. The van der Waals surface area contributed by atoms with E-state index in [2.05, 4.69) is 18.7 Å². The summed E-state index contributed by atoms with van der Waals surface area (Å²) in [6.07, 6.45) is 8.96. The molecule has 3 atom stereocenters. The summed E-state index contributed by atoms with van der Waals surface area (Å²) < 4.78 is 0. The van der Waals surface area contributed by atoms with Crippen molar-refractivity contribution in [1.29, 1.82) is 0 Å². The number of rotatable bonds is 4. The molecule has 2 aliphatic rings. The Balaban J connectivity index is 1.91. The normalized spacial score (nSPS) is 32.0. The Morgan fingerprint density at radius 2 is 2.00 bits per heavy atom. The first-order chi connectivity index (χ1) is 9.08. The van der Waals surface area contributed by atoms with Gasteiger partial charge in [-0.2, -0.15) is 0 Å². The van der Waals surface area contributed by atoms with Gasteiger partial charge in [-0.1, -0.05) is 20.3 Å². The highest BCUT2D eigenvalue weighted by atomic mass is 16.2. The third-order valence-electron chi connectivity index (χ3n) is 4.85. The zero-order chi connectivity index (χ0) is 13.8. The van der Waals surface area contributed by atoms with Crippen molar-refractivity contribution in [3.8, 4) is 0 Å². The molecule has 3 heteroatoms. The highest BCUT2D eigenvalue weighted by molar-refractivity contribution is 5.77. The highest BCUT2D eigenvalue weighted by Gasteiger charge is 2.31. The third-order valence-corrected chi connectivity index (χ3v) is 4.85. The Bertz CT molecular complexity index is 303. The first-order valence-electron chi connectivity index (χ1n) is 8.13. The van der Waals surface area contributed by atoms with Gasteiger partial charge in [-0.15, -0.1) is 0 Å². The largest absolute Gasteiger partial charge is 0.340 e. The summed E-state index contributed by atoms with van der Waals surface area (Å²) in [7, 11) is 0. The highest BCUT2D eigenvalue weighted by Crippen LogP contribution is 2.29. The quantitative estimate of drug-likeness (QED) is 0.850. The molecule has 0 aromatic heterocycles. The average molecular weight is 266 g/mol. The molecule has 0 aromatic rings. The molecule has 1 aliphatic heterocycles. The summed E-state index contributed by atoms with van der Waals surface area (Å²) in [6.45, 7) is 5.48. The minimum Gasteiger partial charge on any atom is -0.340 e. The molecule has 19 heavy (non-hydrogen) atoms. The van der Waals surface area contributed by atoms with E-state index in [0.717, 1.165) is 25.8 Å². The topological polar surface area (TPSA) is 46.3 Å². The molecule has 1 aliphatic carbocycles. The van der Waals surface area contributed by atoms with Crippen molar-refractivity contribution in [2.24, 2.45) is 17.6 Å². The van der Waals surface area contributed by atoms with Crippen molar-refractivity contribution >= 4 is 5.91 Å². The Kier molecular flexibility index (Phi) is 5.26. The first-order valence-corrected chi connectivity index (χ1v) is 8.13. The molecule has 110 valence electrons. The monoisotopic (exact) mass is 266 g/mol. The fraction of sp³-hybridized carbons (Fsp3) is 0.938. The van der Waals surface area contributed by atoms with E-state index in [1.165, 1.54) is 25.7 Å². The number of amides is 1. The van der Waals surface area contributed by atoms with Crippen molar-refractivity contribution in [2.45, 2.75) is 77.3 Å². The number of carbonyl (C=O) groups excluding carboxylic acids is 1. The van der Waals surface area contributed by atoms with Crippen molar-refractivity contribution in [3.05, 3.63) is 0 Å². The molecule has 0 bridgehead atoms. The van der Waals surface area contributed by atoms with Gasteiger partial charge >= 0.3 is 0 Å². The predicted octanol–water partition coefficient (Wildman–Crippen LogP) is 2.93. The number of nitrogens with zero attached hydrogens (tertiary/aromatic N) is 1. The van der Waals surface area contributed by atoms with E-state index in [-0.39, 0.29) is 6.04 Å². The molecule has 2 fully saturated rings. The lowest BCUT2D eigenvalue weighted by atomic mass is 9.92. The summed E-state index contributed by atoms with van der Waals surface area (Å²) in [5.41, 5.74) is 6.10. The van der Waals surface area contributed by atoms with E-state index in [0.29, 0.717) is 30.2 Å². The van der Waals surface area contributed by atoms with Crippen LogP contribution in [0, 0.1) is 11.8 Å². The van der Waals surface area contributed by atoms with Crippen molar-refractivity contribution in [2.75, 3.05) is 6.54 Å². The number of hydrogen-bond acceptors (Lipinski definition) is 2. The van der Waals surface area contributed by atoms with E-state index >= 15 is 0 Å². The lowest BCUT2D eigenvalue weighted by Gasteiger charge is -2.37. The van der Waals surface area contributed by atoms with Crippen molar-refractivity contribution in [3.63, 3.8) is 0 Å². The van der Waals surface area contributed by atoms with E-state index in [1.807, 2.05) is 0 Å². The van der Waals surface area contributed by atoms with Crippen molar-refractivity contribution in [1.82, 2.24) is 4.90 Å². The zero-order valence-corrected chi connectivity index (χ0v) is 12.6. The molecular formula is C16H30N2O. The lowest BCUT2D eigenvalue weighted by molar-refractivity contribution is -0.136. The van der Waals surface area contributed by atoms with Gasteiger partial charge in [0.25, 0.3) is 0 Å². The number of piperidine rings is 1.